The van der Waals surface area contributed by atoms with E-state index in [1.807, 2.05) is 0 Å². The van der Waals surface area contributed by atoms with Gasteiger partial charge in [0.15, 0.2) is 0 Å². The molecule has 4 nitrogen and oxygen atoms in total. The Morgan fingerprint density at radius 3 is 3.12 bits per heavy atom. The van der Waals surface area contributed by atoms with Gasteiger partial charge in [0.25, 0.3) is 0 Å². The van der Waals surface area contributed by atoms with Crippen molar-refractivity contribution in [3.05, 3.63) is 34.4 Å². The van der Waals surface area contributed by atoms with Gasteiger partial charge in [-0.2, -0.15) is 4.39 Å². The van der Waals surface area contributed by atoms with Crippen molar-refractivity contribution in [3.63, 3.8) is 0 Å². The third-order valence-corrected chi connectivity index (χ3v) is 2.49. The minimum atomic E-state index is -0.750. The molecule has 0 saturated heterocycles. The molecule has 2 aromatic heterocycles. The van der Waals surface area contributed by atoms with E-state index in [0.29, 0.717) is 5.65 Å². The van der Waals surface area contributed by atoms with E-state index in [1.165, 1.54) is 10.6 Å². The van der Waals surface area contributed by atoms with Crippen molar-refractivity contribution < 1.29 is 13.9 Å². The summed E-state index contributed by atoms with van der Waals surface area (Å²) in [7, 11) is 0. The van der Waals surface area contributed by atoms with Gasteiger partial charge in [0, 0.05) is 10.7 Å². The van der Waals surface area contributed by atoms with Crippen molar-refractivity contribution in [2.45, 2.75) is 6.92 Å². The molecule has 0 aliphatic rings. The van der Waals surface area contributed by atoms with Gasteiger partial charge >= 0.3 is 5.97 Å². The van der Waals surface area contributed by atoms with Crippen molar-refractivity contribution in [3.8, 4) is 0 Å². The van der Waals surface area contributed by atoms with Crippen molar-refractivity contribution in [1.29, 1.82) is 0 Å². The maximum Gasteiger partial charge on any atom is 0.361 e. The highest BCUT2D eigenvalue weighted by molar-refractivity contribution is 9.10. The molecule has 2 rings (SSSR count). The van der Waals surface area contributed by atoms with Crippen molar-refractivity contribution in [1.82, 2.24) is 9.38 Å². The molecule has 0 amide bonds. The molecule has 0 saturated carbocycles. The molecule has 16 heavy (non-hydrogen) atoms. The molecule has 0 aromatic carbocycles. The summed E-state index contributed by atoms with van der Waals surface area (Å²) in [5.74, 6) is -1.46. The molecule has 0 spiro atoms. The monoisotopic (exact) mass is 286 g/mol. The molecule has 0 N–H and O–H groups in total. The lowest BCUT2D eigenvalue weighted by atomic mass is 10.5. The zero-order valence-corrected chi connectivity index (χ0v) is 9.99. The van der Waals surface area contributed by atoms with E-state index in [9.17, 15) is 9.18 Å². The number of esters is 1. The number of rotatable bonds is 2. The normalized spacial score (nSPS) is 10.7. The number of halogens is 2. The van der Waals surface area contributed by atoms with Gasteiger partial charge in [-0.25, -0.2) is 9.78 Å². The fraction of sp³-hybridized carbons (Fsp3) is 0.200. The van der Waals surface area contributed by atoms with Gasteiger partial charge in [0.05, 0.1) is 6.61 Å². The third kappa shape index (κ3) is 1.80. The van der Waals surface area contributed by atoms with Crippen LogP contribution < -0.4 is 0 Å². The smallest absolute Gasteiger partial charge is 0.361 e. The number of ether oxygens (including phenoxy) is 1. The zero-order valence-electron chi connectivity index (χ0n) is 8.41. The molecular formula is C10H8BrFN2O2. The second-order valence-electron chi connectivity index (χ2n) is 3.04. The fourth-order valence-electron chi connectivity index (χ4n) is 1.32. The molecule has 0 unspecified atom stereocenters. The Labute approximate surface area is 99.2 Å². The predicted octanol–water partition coefficient (Wildman–Crippen LogP) is 2.41. The maximum absolute atomic E-state index is 13.7. The summed E-state index contributed by atoms with van der Waals surface area (Å²) >= 11 is 3.24. The number of fused-ring (bicyclic) bond motifs is 1. The lowest BCUT2D eigenvalue weighted by molar-refractivity contribution is 0.0514. The van der Waals surface area contributed by atoms with Crippen LogP contribution in [0.2, 0.25) is 0 Å². The molecule has 0 radical (unpaired) electrons. The van der Waals surface area contributed by atoms with Gasteiger partial charge in [0.2, 0.25) is 11.6 Å². The summed E-state index contributed by atoms with van der Waals surface area (Å²) in [5.41, 5.74) is 0.0647. The largest absolute Gasteiger partial charge is 0.461 e. The molecule has 0 fully saturated rings. The van der Waals surface area contributed by atoms with E-state index in [4.69, 9.17) is 4.74 Å². The molecule has 0 bridgehead atoms. The summed E-state index contributed by atoms with van der Waals surface area (Å²) in [6.07, 6.45) is 1.49. The highest BCUT2D eigenvalue weighted by Crippen LogP contribution is 2.16. The summed E-state index contributed by atoms with van der Waals surface area (Å²) in [6, 6.07) is 3.28. The minimum absolute atomic E-state index is 0.190. The van der Waals surface area contributed by atoms with E-state index in [0.717, 1.165) is 4.47 Å². The molecule has 2 aromatic rings. The second kappa shape index (κ2) is 4.21. The summed E-state index contributed by atoms with van der Waals surface area (Å²) < 4.78 is 20.4. The second-order valence-corrected chi connectivity index (χ2v) is 3.96. The topological polar surface area (TPSA) is 43.6 Å². The van der Waals surface area contributed by atoms with Crippen LogP contribution in [0.15, 0.2) is 22.8 Å². The van der Waals surface area contributed by atoms with Crippen molar-refractivity contribution >= 4 is 27.5 Å². The van der Waals surface area contributed by atoms with Gasteiger partial charge in [-0.3, -0.25) is 4.40 Å². The number of hydrogen-bond acceptors (Lipinski definition) is 3. The SMILES string of the molecule is CCOC(=O)c1nc2cc(Br)ccn2c1F. The van der Waals surface area contributed by atoms with E-state index < -0.39 is 11.9 Å². The highest BCUT2D eigenvalue weighted by atomic mass is 79.9. The minimum Gasteiger partial charge on any atom is -0.461 e. The number of carbonyl (C=O) groups excluding carboxylic acids is 1. The van der Waals surface area contributed by atoms with Gasteiger partial charge in [0.1, 0.15) is 5.65 Å². The lowest BCUT2D eigenvalue weighted by Gasteiger charge is -1.96. The average Bonchev–Trinajstić information content (AvgIpc) is 2.56. The lowest BCUT2D eigenvalue weighted by Crippen LogP contribution is -2.07. The molecule has 0 atom stereocenters. The summed E-state index contributed by atoms with van der Waals surface area (Å²) in [5, 5.41) is 0. The Kier molecular flexibility index (Phi) is 2.91. The van der Waals surface area contributed by atoms with E-state index >= 15 is 0 Å². The number of nitrogens with zero attached hydrogens (tertiary/aromatic N) is 2. The molecule has 6 heteroatoms. The Morgan fingerprint density at radius 1 is 1.69 bits per heavy atom. The zero-order chi connectivity index (χ0) is 11.7. The van der Waals surface area contributed by atoms with Crippen LogP contribution in [0.25, 0.3) is 5.65 Å². The molecule has 84 valence electrons. The summed E-state index contributed by atoms with van der Waals surface area (Å²) in [6.45, 7) is 1.85. The third-order valence-electron chi connectivity index (χ3n) is 2.00. The average molecular weight is 287 g/mol. The van der Waals surface area contributed by atoms with Crippen LogP contribution >= 0.6 is 15.9 Å². The number of carbonyl (C=O) groups is 1. The number of aromatic nitrogens is 2. The van der Waals surface area contributed by atoms with Crippen LogP contribution in [0.5, 0.6) is 0 Å². The Morgan fingerprint density at radius 2 is 2.44 bits per heavy atom. The van der Waals surface area contributed by atoms with Crippen LogP contribution in [0.3, 0.4) is 0 Å². The first-order valence-corrected chi connectivity index (χ1v) is 5.43. The number of imidazole rings is 1. The molecular weight excluding hydrogens is 279 g/mol. The fourth-order valence-corrected chi connectivity index (χ4v) is 1.64. The maximum atomic E-state index is 13.7. The standard InChI is InChI=1S/C10H8BrFN2O2/c1-2-16-10(15)8-9(12)14-4-3-6(11)5-7(14)13-8/h3-5H,2H2,1H3. The number of hydrogen-bond donors (Lipinski definition) is 0. The molecule has 0 aliphatic carbocycles. The van der Waals surface area contributed by atoms with Gasteiger partial charge < -0.3 is 4.74 Å². The van der Waals surface area contributed by atoms with E-state index in [-0.39, 0.29) is 12.3 Å². The Balaban J connectivity index is 2.55. The quantitative estimate of drug-likeness (QED) is 0.797. The first-order valence-electron chi connectivity index (χ1n) is 4.63. The number of pyridine rings is 1. The highest BCUT2D eigenvalue weighted by Gasteiger charge is 2.19. The Hall–Kier alpha value is -1.43. The molecule has 2 heterocycles. The van der Waals surface area contributed by atoms with Gasteiger partial charge in [-0.1, -0.05) is 15.9 Å². The Bertz CT molecular complexity index is 553. The van der Waals surface area contributed by atoms with Crippen molar-refractivity contribution in [2.24, 2.45) is 0 Å². The predicted molar refractivity (Wildman–Crippen MR) is 58.8 cm³/mol. The van der Waals surface area contributed by atoms with E-state index in [1.54, 1.807) is 19.1 Å². The van der Waals surface area contributed by atoms with Gasteiger partial charge in [-0.05, 0) is 19.1 Å². The summed E-state index contributed by atoms with van der Waals surface area (Å²) in [4.78, 5) is 15.2. The van der Waals surface area contributed by atoms with Crippen molar-refractivity contribution in [2.75, 3.05) is 6.61 Å². The van der Waals surface area contributed by atoms with E-state index in [2.05, 4.69) is 20.9 Å². The first kappa shape index (κ1) is 11.1. The van der Waals surface area contributed by atoms with Crippen LogP contribution in [0.4, 0.5) is 4.39 Å². The molecule has 0 aliphatic heterocycles. The van der Waals surface area contributed by atoms with Gasteiger partial charge in [-0.15, -0.1) is 0 Å². The van der Waals surface area contributed by atoms with Crippen LogP contribution in [-0.2, 0) is 4.74 Å². The first-order chi connectivity index (χ1) is 7.63. The van der Waals surface area contributed by atoms with Crippen LogP contribution in [-0.4, -0.2) is 22.0 Å². The van der Waals surface area contributed by atoms with Crippen LogP contribution in [0, 0.1) is 5.95 Å². The van der Waals surface area contributed by atoms with Crippen LogP contribution in [0.1, 0.15) is 17.4 Å².